The zero-order valence-corrected chi connectivity index (χ0v) is 9.37. The fraction of sp³-hybridized carbons (Fsp3) is 0.923. The molecule has 0 aliphatic heterocycles. The van der Waals surface area contributed by atoms with Crippen LogP contribution >= 0.6 is 0 Å². The number of carboxylic acid groups (broad SMARTS) is 1. The van der Waals surface area contributed by atoms with Crippen molar-refractivity contribution in [3.05, 3.63) is 0 Å². The molecule has 0 aromatic rings. The predicted molar refractivity (Wildman–Crippen MR) is 54.8 cm³/mol. The number of rotatable bonds is 2. The van der Waals surface area contributed by atoms with Crippen LogP contribution in [-0.4, -0.2) is 5.97 Å². The predicted octanol–water partition coefficient (Wildman–Crippen LogP) is 1.59. The number of hydrogen-bond donors (Lipinski definition) is 0. The molecule has 0 amide bonds. The van der Waals surface area contributed by atoms with Crippen molar-refractivity contribution in [1.29, 1.82) is 0 Å². The molecule has 0 N–H and O–H groups in total. The van der Waals surface area contributed by atoms with Gasteiger partial charge in [0, 0.05) is 11.4 Å². The number of carbonyl (C=O) groups excluding carboxylic acids is 1. The number of fused-ring (bicyclic) bond motifs is 5. The molecule has 0 aromatic carbocycles. The molecule has 1 unspecified atom stereocenters. The lowest BCUT2D eigenvalue weighted by atomic mass is 9.66. The largest absolute Gasteiger partial charge is 0.550 e. The van der Waals surface area contributed by atoms with Crippen LogP contribution in [0.25, 0.3) is 0 Å². The first kappa shape index (κ1) is 9.68. The third kappa shape index (κ3) is 0.982. The lowest BCUT2D eigenvalue weighted by Gasteiger charge is -2.42. The van der Waals surface area contributed by atoms with Crippen molar-refractivity contribution in [1.82, 2.24) is 0 Å². The third-order valence-electron chi connectivity index (χ3n) is 5.65. The lowest BCUT2D eigenvalue weighted by molar-refractivity contribution is -0.324. The molecule has 3 aliphatic rings. The molecule has 3 fully saturated rings. The maximum atomic E-state index is 11.5. The Bertz CT molecular complexity index is 297. The van der Waals surface area contributed by atoms with E-state index in [0.29, 0.717) is 23.7 Å². The van der Waals surface area contributed by atoms with Crippen LogP contribution in [0, 0.1) is 29.1 Å². The molecule has 84 valence electrons. The van der Waals surface area contributed by atoms with Gasteiger partial charge in [0.05, 0.1) is 0 Å². The summed E-state index contributed by atoms with van der Waals surface area (Å²) in [6.07, 6.45) is 6.78. The summed E-state index contributed by atoms with van der Waals surface area (Å²) in [4.78, 5) is 11.5. The van der Waals surface area contributed by atoms with Crippen LogP contribution in [0.2, 0.25) is 0 Å². The third-order valence-corrected chi connectivity index (χ3v) is 5.65. The maximum absolute atomic E-state index is 11.5. The molecule has 3 aliphatic carbocycles. The fourth-order valence-electron chi connectivity index (χ4n) is 5.15. The quantitative estimate of drug-likeness (QED) is 0.690. The molecular formula is C13H19O2-. The van der Waals surface area contributed by atoms with E-state index in [1.165, 1.54) is 12.8 Å². The second kappa shape index (κ2) is 2.99. The van der Waals surface area contributed by atoms with E-state index in [2.05, 4.69) is 6.92 Å². The summed E-state index contributed by atoms with van der Waals surface area (Å²) < 4.78 is 0. The highest BCUT2D eigenvalue weighted by Crippen LogP contribution is 2.68. The summed E-state index contributed by atoms with van der Waals surface area (Å²) in [5.74, 6) is 1.56. The van der Waals surface area contributed by atoms with Gasteiger partial charge < -0.3 is 9.90 Å². The van der Waals surface area contributed by atoms with Gasteiger partial charge in [-0.15, -0.1) is 0 Å². The number of carbonyl (C=O) groups is 1. The minimum absolute atomic E-state index is 0.399. The van der Waals surface area contributed by atoms with Crippen molar-refractivity contribution >= 4 is 5.97 Å². The standard InChI is InChI=1S/C13H20O2/c1-2-8-5-6-13(12(14)15)10-4-3-9(7-10)11(8)13/h8-11H,2-7H2,1H3,(H,14,15)/p-1/t8?,9-,10+,11-,13-/m1/s1. The summed E-state index contributed by atoms with van der Waals surface area (Å²) in [6.45, 7) is 2.21. The average molecular weight is 207 g/mol. The van der Waals surface area contributed by atoms with Crippen LogP contribution in [0.4, 0.5) is 0 Å². The molecule has 2 heteroatoms. The van der Waals surface area contributed by atoms with Crippen LogP contribution in [0.3, 0.4) is 0 Å². The van der Waals surface area contributed by atoms with E-state index in [1.54, 1.807) is 0 Å². The first-order valence-corrected chi connectivity index (χ1v) is 6.41. The second-order valence-corrected chi connectivity index (χ2v) is 5.83. The first-order chi connectivity index (χ1) is 7.20. The Hall–Kier alpha value is -0.530. The maximum Gasteiger partial charge on any atom is 0.0481 e. The van der Waals surface area contributed by atoms with E-state index in [4.69, 9.17) is 0 Å². The van der Waals surface area contributed by atoms with E-state index in [1.807, 2.05) is 0 Å². The molecule has 0 saturated heterocycles. The average Bonchev–Trinajstić information content (AvgIpc) is 2.88. The van der Waals surface area contributed by atoms with Gasteiger partial charge in [0.2, 0.25) is 0 Å². The minimum atomic E-state index is -0.726. The van der Waals surface area contributed by atoms with Crippen LogP contribution < -0.4 is 5.11 Å². The van der Waals surface area contributed by atoms with Gasteiger partial charge in [0.15, 0.2) is 0 Å². The van der Waals surface area contributed by atoms with Crippen LogP contribution in [-0.2, 0) is 4.79 Å². The molecule has 2 nitrogen and oxygen atoms in total. The molecule has 0 aromatic heterocycles. The highest BCUT2D eigenvalue weighted by atomic mass is 16.4. The fourth-order valence-corrected chi connectivity index (χ4v) is 5.15. The Morgan fingerprint density at radius 2 is 2.20 bits per heavy atom. The SMILES string of the molecule is CCC1CC[C@@]2(C(=O)[O-])[C@H]3CC[C@H](C3)[C@@H]12. The molecule has 3 saturated carbocycles. The van der Waals surface area contributed by atoms with Crippen LogP contribution in [0.1, 0.15) is 45.4 Å². The van der Waals surface area contributed by atoms with Crippen molar-refractivity contribution < 1.29 is 9.90 Å². The molecule has 0 radical (unpaired) electrons. The first-order valence-electron chi connectivity index (χ1n) is 6.41. The van der Waals surface area contributed by atoms with Gasteiger partial charge in [-0.2, -0.15) is 0 Å². The van der Waals surface area contributed by atoms with Gasteiger partial charge in [0.1, 0.15) is 0 Å². The van der Waals surface area contributed by atoms with E-state index in [9.17, 15) is 9.90 Å². The van der Waals surface area contributed by atoms with E-state index in [0.717, 1.165) is 25.7 Å². The van der Waals surface area contributed by atoms with Gasteiger partial charge in [-0.05, 0) is 55.8 Å². The summed E-state index contributed by atoms with van der Waals surface area (Å²) in [5.41, 5.74) is -0.399. The Morgan fingerprint density at radius 3 is 2.87 bits per heavy atom. The molecule has 2 bridgehead atoms. The second-order valence-electron chi connectivity index (χ2n) is 5.83. The molecule has 3 rings (SSSR count). The Labute approximate surface area is 91.1 Å². The summed E-state index contributed by atoms with van der Waals surface area (Å²) in [6, 6.07) is 0. The van der Waals surface area contributed by atoms with Gasteiger partial charge in [-0.3, -0.25) is 0 Å². The van der Waals surface area contributed by atoms with Gasteiger partial charge in [0.25, 0.3) is 0 Å². The molecule has 5 atom stereocenters. The van der Waals surface area contributed by atoms with Gasteiger partial charge in [-0.25, -0.2) is 0 Å². The lowest BCUT2D eigenvalue weighted by Crippen LogP contribution is -2.49. The Balaban J connectivity index is 2.01. The van der Waals surface area contributed by atoms with Crippen molar-refractivity contribution in [2.24, 2.45) is 29.1 Å². The zero-order chi connectivity index (χ0) is 10.6. The summed E-state index contributed by atoms with van der Waals surface area (Å²) in [7, 11) is 0. The monoisotopic (exact) mass is 207 g/mol. The topological polar surface area (TPSA) is 40.1 Å². The van der Waals surface area contributed by atoms with Gasteiger partial charge >= 0.3 is 0 Å². The van der Waals surface area contributed by atoms with Gasteiger partial charge in [-0.1, -0.05) is 13.3 Å². The summed E-state index contributed by atoms with van der Waals surface area (Å²) >= 11 is 0. The van der Waals surface area contributed by atoms with Crippen molar-refractivity contribution in [2.75, 3.05) is 0 Å². The van der Waals surface area contributed by atoms with Crippen LogP contribution in [0.5, 0.6) is 0 Å². The highest BCUT2D eigenvalue weighted by molar-refractivity contribution is 5.75. The zero-order valence-electron chi connectivity index (χ0n) is 9.37. The molecule has 0 heterocycles. The van der Waals surface area contributed by atoms with Crippen molar-refractivity contribution in [2.45, 2.75) is 45.4 Å². The Kier molecular flexibility index (Phi) is 1.93. The minimum Gasteiger partial charge on any atom is -0.550 e. The van der Waals surface area contributed by atoms with Crippen LogP contribution in [0.15, 0.2) is 0 Å². The van der Waals surface area contributed by atoms with Crippen molar-refractivity contribution in [3.8, 4) is 0 Å². The van der Waals surface area contributed by atoms with E-state index in [-0.39, 0.29) is 0 Å². The van der Waals surface area contributed by atoms with E-state index < -0.39 is 11.4 Å². The van der Waals surface area contributed by atoms with Crippen molar-refractivity contribution in [3.63, 3.8) is 0 Å². The molecule has 0 spiro atoms. The normalized spacial score (nSPS) is 52.1. The number of carboxylic acids is 1. The highest BCUT2D eigenvalue weighted by Gasteiger charge is 2.63. The van der Waals surface area contributed by atoms with E-state index >= 15 is 0 Å². The molecule has 15 heavy (non-hydrogen) atoms. The summed E-state index contributed by atoms with van der Waals surface area (Å²) in [5, 5.41) is 11.5. The Morgan fingerprint density at radius 1 is 1.40 bits per heavy atom. The number of aliphatic carboxylic acids is 1. The smallest absolute Gasteiger partial charge is 0.0481 e. The number of hydrogen-bond acceptors (Lipinski definition) is 2. The molecular weight excluding hydrogens is 188 g/mol.